The molecule has 0 aliphatic heterocycles. The van der Waals surface area contributed by atoms with Crippen LogP contribution in [0.4, 0.5) is 11.5 Å². The minimum Gasteiger partial charge on any atom is -0.392 e. The van der Waals surface area contributed by atoms with Crippen molar-refractivity contribution >= 4 is 11.5 Å². The van der Waals surface area contributed by atoms with Gasteiger partial charge in [-0.15, -0.1) is 0 Å². The summed E-state index contributed by atoms with van der Waals surface area (Å²) >= 11 is 0. The largest absolute Gasteiger partial charge is 0.392 e. The SMILES string of the molecule is CCCn1c(=O)c(N)c(N)n(CC(C)O)c1=O. The lowest BCUT2D eigenvalue weighted by molar-refractivity contribution is 0.171. The van der Waals surface area contributed by atoms with Crippen molar-refractivity contribution in [2.45, 2.75) is 39.5 Å². The van der Waals surface area contributed by atoms with Gasteiger partial charge in [-0.25, -0.2) is 4.79 Å². The number of nitrogens with two attached hydrogens (primary N) is 2. The first-order chi connectivity index (χ1) is 7.90. The Kier molecular flexibility index (Phi) is 3.95. The molecule has 1 aromatic heterocycles. The second-order valence-electron chi connectivity index (χ2n) is 4.00. The Morgan fingerprint density at radius 2 is 1.88 bits per heavy atom. The quantitative estimate of drug-likeness (QED) is 0.624. The molecular weight excluding hydrogens is 224 g/mol. The van der Waals surface area contributed by atoms with Crippen molar-refractivity contribution in [2.75, 3.05) is 11.5 Å². The first-order valence-corrected chi connectivity index (χ1v) is 5.46. The fraction of sp³-hybridized carbons (Fsp3) is 0.600. The van der Waals surface area contributed by atoms with Crippen molar-refractivity contribution in [1.82, 2.24) is 9.13 Å². The van der Waals surface area contributed by atoms with Crippen LogP contribution in [0.3, 0.4) is 0 Å². The summed E-state index contributed by atoms with van der Waals surface area (Å²) < 4.78 is 2.16. The molecule has 0 spiro atoms. The third-order valence-electron chi connectivity index (χ3n) is 2.40. The summed E-state index contributed by atoms with van der Waals surface area (Å²) in [6, 6.07) is 0. The lowest BCUT2D eigenvalue weighted by Gasteiger charge is -2.15. The highest BCUT2D eigenvalue weighted by atomic mass is 16.3. The van der Waals surface area contributed by atoms with Gasteiger partial charge in [0.15, 0.2) is 0 Å². The molecule has 7 nitrogen and oxygen atoms in total. The van der Waals surface area contributed by atoms with Gasteiger partial charge >= 0.3 is 5.69 Å². The molecule has 0 saturated carbocycles. The molecule has 0 aromatic carbocycles. The van der Waals surface area contributed by atoms with Gasteiger partial charge in [-0.05, 0) is 13.3 Å². The van der Waals surface area contributed by atoms with Gasteiger partial charge < -0.3 is 16.6 Å². The van der Waals surface area contributed by atoms with Crippen LogP contribution in [0.25, 0.3) is 0 Å². The second-order valence-corrected chi connectivity index (χ2v) is 4.00. The fourth-order valence-corrected chi connectivity index (χ4v) is 1.60. The molecule has 0 saturated heterocycles. The molecule has 5 N–H and O–H groups in total. The van der Waals surface area contributed by atoms with E-state index in [0.29, 0.717) is 6.42 Å². The smallest absolute Gasteiger partial charge is 0.332 e. The predicted octanol–water partition coefficient (Wildman–Crippen LogP) is -1.03. The second kappa shape index (κ2) is 5.05. The van der Waals surface area contributed by atoms with Gasteiger partial charge in [-0.2, -0.15) is 0 Å². The molecule has 1 aromatic rings. The topological polar surface area (TPSA) is 116 Å². The van der Waals surface area contributed by atoms with E-state index in [4.69, 9.17) is 11.5 Å². The minimum absolute atomic E-state index is 0.0128. The molecule has 0 radical (unpaired) electrons. The van der Waals surface area contributed by atoms with Gasteiger partial charge in [-0.3, -0.25) is 13.9 Å². The molecule has 0 aliphatic carbocycles. The summed E-state index contributed by atoms with van der Waals surface area (Å²) in [5.74, 6) is -0.0896. The molecule has 1 heterocycles. The summed E-state index contributed by atoms with van der Waals surface area (Å²) in [5.41, 5.74) is 9.91. The number of hydrogen-bond acceptors (Lipinski definition) is 5. The zero-order chi connectivity index (χ0) is 13.2. The number of anilines is 2. The van der Waals surface area contributed by atoms with E-state index in [1.807, 2.05) is 6.92 Å². The zero-order valence-electron chi connectivity index (χ0n) is 10.0. The standard InChI is InChI=1S/C10H18N4O3/c1-3-4-13-9(16)7(11)8(12)14(10(13)17)5-6(2)15/h6,15H,3-5,11-12H2,1-2H3. The van der Waals surface area contributed by atoms with E-state index in [-0.39, 0.29) is 24.6 Å². The van der Waals surface area contributed by atoms with E-state index in [0.717, 1.165) is 9.13 Å². The zero-order valence-corrected chi connectivity index (χ0v) is 10.0. The average Bonchev–Trinajstić information content (AvgIpc) is 2.27. The lowest BCUT2D eigenvalue weighted by atomic mass is 10.3. The Balaban J connectivity index is 3.50. The van der Waals surface area contributed by atoms with E-state index in [1.165, 1.54) is 6.92 Å². The van der Waals surface area contributed by atoms with Crippen LogP contribution in [0.1, 0.15) is 20.3 Å². The van der Waals surface area contributed by atoms with Crippen LogP contribution >= 0.6 is 0 Å². The van der Waals surface area contributed by atoms with Gasteiger partial charge in [0.1, 0.15) is 11.5 Å². The lowest BCUT2D eigenvalue weighted by Crippen LogP contribution is -2.43. The van der Waals surface area contributed by atoms with Crippen molar-refractivity contribution in [3.05, 3.63) is 20.8 Å². The molecule has 0 bridgehead atoms. The summed E-state index contributed by atoms with van der Waals surface area (Å²) in [6.45, 7) is 3.66. The summed E-state index contributed by atoms with van der Waals surface area (Å²) in [7, 11) is 0. The molecular formula is C10H18N4O3. The number of hydrogen-bond donors (Lipinski definition) is 3. The van der Waals surface area contributed by atoms with Crippen molar-refractivity contribution in [2.24, 2.45) is 0 Å². The van der Waals surface area contributed by atoms with E-state index in [9.17, 15) is 14.7 Å². The van der Waals surface area contributed by atoms with Crippen LogP contribution in [0.2, 0.25) is 0 Å². The summed E-state index contributed by atoms with van der Waals surface area (Å²) in [4.78, 5) is 23.7. The molecule has 1 unspecified atom stereocenters. The first kappa shape index (κ1) is 13.3. The van der Waals surface area contributed by atoms with Crippen molar-refractivity contribution < 1.29 is 5.11 Å². The highest BCUT2D eigenvalue weighted by molar-refractivity contribution is 5.56. The number of nitrogen functional groups attached to an aromatic ring is 2. The highest BCUT2D eigenvalue weighted by Crippen LogP contribution is 2.06. The van der Waals surface area contributed by atoms with Gasteiger partial charge in [0.25, 0.3) is 5.56 Å². The van der Waals surface area contributed by atoms with Crippen LogP contribution in [0.15, 0.2) is 9.59 Å². The fourth-order valence-electron chi connectivity index (χ4n) is 1.60. The molecule has 0 amide bonds. The van der Waals surface area contributed by atoms with Crippen LogP contribution in [-0.4, -0.2) is 20.3 Å². The van der Waals surface area contributed by atoms with Crippen molar-refractivity contribution in [3.8, 4) is 0 Å². The third-order valence-corrected chi connectivity index (χ3v) is 2.40. The van der Waals surface area contributed by atoms with Crippen LogP contribution < -0.4 is 22.7 Å². The van der Waals surface area contributed by atoms with Gasteiger partial charge in [0, 0.05) is 6.54 Å². The van der Waals surface area contributed by atoms with E-state index >= 15 is 0 Å². The molecule has 0 fully saturated rings. The maximum Gasteiger partial charge on any atom is 0.332 e. The van der Waals surface area contributed by atoms with Crippen LogP contribution in [0.5, 0.6) is 0 Å². The molecule has 1 rings (SSSR count). The van der Waals surface area contributed by atoms with Crippen molar-refractivity contribution in [3.63, 3.8) is 0 Å². The summed E-state index contributed by atoms with van der Waals surface area (Å²) in [6.07, 6.45) is -0.116. The van der Waals surface area contributed by atoms with Crippen LogP contribution in [0, 0.1) is 0 Å². The molecule has 17 heavy (non-hydrogen) atoms. The first-order valence-electron chi connectivity index (χ1n) is 5.46. The van der Waals surface area contributed by atoms with E-state index < -0.39 is 17.4 Å². The Hall–Kier alpha value is -1.76. The average molecular weight is 242 g/mol. The Morgan fingerprint density at radius 1 is 1.29 bits per heavy atom. The third kappa shape index (κ3) is 2.50. The molecule has 0 aliphatic rings. The van der Waals surface area contributed by atoms with Crippen molar-refractivity contribution in [1.29, 1.82) is 0 Å². The number of aliphatic hydroxyl groups excluding tert-OH is 1. The van der Waals surface area contributed by atoms with Gasteiger partial charge in [0.2, 0.25) is 0 Å². The molecule has 1 atom stereocenters. The van der Waals surface area contributed by atoms with Gasteiger partial charge in [-0.1, -0.05) is 6.92 Å². The minimum atomic E-state index is -0.748. The van der Waals surface area contributed by atoms with E-state index in [1.54, 1.807) is 0 Å². The Labute approximate surface area is 98.3 Å². The number of rotatable bonds is 4. The molecule has 7 heteroatoms. The van der Waals surface area contributed by atoms with Crippen LogP contribution in [-0.2, 0) is 13.1 Å². The normalized spacial score (nSPS) is 12.6. The monoisotopic (exact) mass is 242 g/mol. The maximum absolute atomic E-state index is 12.0. The molecule has 96 valence electrons. The number of aliphatic hydroxyl groups is 1. The number of nitrogens with zero attached hydrogens (tertiary/aromatic N) is 2. The van der Waals surface area contributed by atoms with Gasteiger partial charge in [0.05, 0.1) is 12.6 Å². The number of aromatic nitrogens is 2. The maximum atomic E-state index is 12.0. The highest BCUT2D eigenvalue weighted by Gasteiger charge is 2.15. The predicted molar refractivity (Wildman–Crippen MR) is 65.8 cm³/mol. The van der Waals surface area contributed by atoms with E-state index in [2.05, 4.69) is 0 Å². The summed E-state index contributed by atoms with van der Waals surface area (Å²) in [5, 5.41) is 9.29. The Morgan fingerprint density at radius 3 is 2.35 bits per heavy atom. The Bertz CT molecular complexity index is 516.